The summed E-state index contributed by atoms with van der Waals surface area (Å²) < 4.78 is 13.2. The van der Waals surface area contributed by atoms with E-state index in [-0.39, 0.29) is 18.3 Å². The molecule has 116 valence electrons. The summed E-state index contributed by atoms with van der Waals surface area (Å²) in [4.78, 5) is 12.1. The zero-order valence-electron chi connectivity index (χ0n) is 12.8. The van der Waals surface area contributed by atoms with Crippen LogP contribution >= 0.6 is 0 Å². The second-order valence-corrected chi connectivity index (χ2v) is 6.22. The third kappa shape index (κ3) is 4.03. The minimum Gasteiger partial charge on any atom is -0.388 e. The Bertz CT molecular complexity index is 508. The third-order valence-corrected chi connectivity index (χ3v) is 4.61. The summed E-state index contributed by atoms with van der Waals surface area (Å²) in [5.74, 6) is 0.118. The summed E-state index contributed by atoms with van der Waals surface area (Å²) >= 11 is 0. The number of rotatable bonds is 4. The lowest BCUT2D eigenvalue weighted by atomic mass is 9.78. The first-order valence-electron chi connectivity index (χ1n) is 7.70. The first-order valence-corrected chi connectivity index (χ1v) is 7.70. The highest BCUT2D eigenvalue weighted by Crippen LogP contribution is 2.33. The summed E-state index contributed by atoms with van der Waals surface area (Å²) in [6, 6.07) is 4.30. The van der Waals surface area contributed by atoms with Crippen LogP contribution < -0.4 is 5.32 Å². The SMILES string of the molecule is CCC1CCC(O)(CNC(=O)c2ccc(F)c(C)c2)CC1. The second-order valence-electron chi connectivity index (χ2n) is 6.22. The summed E-state index contributed by atoms with van der Waals surface area (Å²) in [6.45, 7) is 4.07. The molecule has 0 aliphatic heterocycles. The maximum Gasteiger partial charge on any atom is 0.251 e. The Labute approximate surface area is 125 Å². The quantitative estimate of drug-likeness (QED) is 0.895. The van der Waals surface area contributed by atoms with Crippen LogP contribution in [0.2, 0.25) is 0 Å². The van der Waals surface area contributed by atoms with Crippen molar-refractivity contribution in [3.63, 3.8) is 0 Å². The predicted octanol–water partition coefficient (Wildman–Crippen LogP) is 3.20. The molecule has 1 aromatic rings. The van der Waals surface area contributed by atoms with E-state index in [0.717, 1.165) is 32.1 Å². The maximum absolute atomic E-state index is 13.2. The molecule has 4 heteroatoms. The summed E-state index contributed by atoms with van der Waals surface area (Å²) in [5, 5.41) is 13.3. The molecule has 1 aliphatic rings. The van der Waals surface area contributed by atoms with Gasteiger partial charge in [0.05, 0.1) is 5.60 Å². The van der Waals surface area contributed by atoms with Crippen molar-refractivity contribution in [2.75, 3.05) is 6.54 Å². The number of hydrogen-bond acceptors (Lipinski definition) is 2. The predicted molar refractivity (Wildman–Crippen MR) is 80.7 cm³/mol. The number of benzene rings is 1. The number of hydrogen-bond donors (Lipinski definition) is 2. The van der Waals surface area contributed by atoms with Crippen LogP contribution in [0.1, 0.15) is 54.9 Å². The Kier molecular flexibility index (Phi) is 4.99. The van der Waals surface area contributed by atoms with E-state index in [1.165, 1.54) is 18.2 Å². The molecular formula is C17H24FNO2. The van der Waals surface area contributed by atoms with Crippen molar-refractivity contribution in [3.05, 3.63) is 35.1 Å². The van der Waals surface area contributed by atoms with Gasteiger partial charge in [0, 0.05) is 12.1 Å². The average Bonchev–Trinajstić information content (AvgIpc) is 2.48. The monoisotopic (exact) mass is 293 g/mol. The number of carbonyl (C=O) groups is 1. The van der Waals surface area contributed by atoms with Gasteiger partial charge >= 0.3 is 0 Å². The average molecular weight is 293 g/mol. The normalized spacial score (nSPS) is 25.6. The standard InChI is InChI=1S/C17H24FNO2/c1-3-13-6-8-17(21,9-7-13)11-19-16(20)14-4-5-15(18)12(2)10-14/h4-5,10,13,21H,3,6-9,11H2,1-2H3,(H,19,20). The molecule has 21 heavy (non-hydrogen) atoms. The zero-order chi connectivity index (χ0) is 15.5. The number of aliphatic hydroxyl groups is 1. The lowest BCUT2D eigenvalue weighted by molar-refractivity contribution is -0.00786. The molecule has 1 aromatic carbocycles. The van der Waals surface area contributed by atoms with Gasteiger partial charge in [0.25, 0.3) is 5.91 Å². The van der Waals surface area contributed by atoms with Crippen LogP contribution in [-0.2, 0) is 0 Å². The van der Waals surface area contributed by atoms with E-state index in [1.54, 1.807) is 6.92 Å². The van der Waals surface area contributed by atoms with Crippen LogP contribution in [0.3, 0.4) is 0 Å². The minimum atomic E-state index is -0.795. The molecule has 0 unspecified atom stereocenters. The van der Waals surface area contributed by atoms with E-state index in [4.69, 9.17) is 0 Å². The smallest absolute Gasteiger partial charge is 0.251 e. The molecule has 0 heterocycles. The molecule has 1 fully saturated rings. The Morgan fingerprint density at radius 3 is 2.67 bits per heavy atom. The van der Waals surface area contributed by atoms with Crippen molar-refractivity contribution in [1.82, 2.24) is 5.32 Å². The van der Waals surface area contributed by atoms with Crippen LogP contribution in [-0.4, -0.2) is 23.2 Å². The largest absolute Gasteiger partial charge is 0.388 e. The number of amides is 1. The van der Waals surface area contributed by atoms with E-state index in [0.29, 0.717) is 17.0 Å². The molecule has 0 bridgehead atoms. The fraction of sp³-hybridized carbons (Fsp3) is 0.588. The summed E-state index contributed by atoms with van der Waals surface area (Å²) in [6.07, 6.45) is 4.64. The highest BCUT2D eigenvalue weighted by Gasteiger charge is 2.32. The number of carbonyl (C=O) groups excluding carboxylic acids is 1. The molecular weight excluding hydrogens is 269 g/mol. The fourth-order valence-corrected chi connectivity index (χ4v) is 2.93. The highest BCUT2D eigenvalue weighted by atomic mass is 19.1. The van der Waals surface area contributed by atoms with Crippen LogP contribution in [0.25, 0.3) is 0 Å². The van der Waals surface area contributed by atoms with Crippen molar-refractivity contribution in [3.8, 4) is 0 Å². The molecule has 0 aromatic heterocycles. The Morgan fingerprint density at radius 1 is 1.43 bits per heavy atom. The molecule has 1 saturated carbocycles. The molecule has 0 radical (unpaired) electrons. The van der Waals surface area contributed by atoms with Crippen LogP contribution in [0.15, 0.2) is 18.2 Å². The van der Waals surface area contributed by atoms with E-state index in [2.05, 4.69) is 12.2 Å². The van der Waals surface area contributed by atoms with E-state index in [1.807, 2.05) is 0 Å². The first kappa shape index (κ1) is 16.0. The van der Waals surface area contributed by atoms with Gasteiger partial charge in [-0.15, -0.1) is 0 Å². The van der Waals surface area contributed by atoms with Gasteiger partial charge in [-0.2, -0.15) is 0 Å². The summed E-state index contributed by atoms with van der Waals surface area (Å²) in [7, 11) is 0. The number of nitrogens with one attached hydrogen (secondary N) is 1. The first-order chi connectivity index (χ1) is 9.93. The van der Waals surface area contributed by atoms with E-state index < -0.39 is 5.60 Å². The maximum atomic E-state index is 13.2. The molecule has 0 atom stereocenters. The van der Waals surface area contributed by atoms with E-state index in [9.17, 15) is 14.3 Å². The summed E-state index contributed by atoms with van der Waals surface area (Å²) in [5.41, 5.74) is 0.0840. The van der Waals surface area contributed by atoms with Crippen molar-refractivity contribution < 1.29 is 14.3 Å². The van der Waals surface area contributed by atoms with Crippen molar-refractivity contribution in [1.29, 1.82) is 0 Å². The molecule has 2 rings (SSSR count). The van der Waals surface area contributed by atoms with Gasteiger partial charge in [-0.1, -0.05) is 13.3 Å². The Balaban J connectivity index is 1.90. The van der Waals surface area contributed by atoms with Gasteiger partial charge in [0.2, 0.25) is 0 Å². The lowest BCUT2D eigenvalue weighted by Gasteiger charge is -2.35. The minimum absolute atomic E-state index is 0.260. The molecule has 1 aliphatic carbocycles. The molecule has 0 saturated heterocycles. The van der Waals surface area contributed by atoms with Gasteiger partial charge in [0.1, 0.15) is 5.82 Å². The molecule has 3 nitrogen and oxygen atoms in total. The van der Waals surface area contributed by atoms with Gasteiger partial charge in [-0.25, -0.2) is 4.39 Å². The van der Waals surface area contributed by atoms with E-state index >= 15 is 0 Å². The van der Waals surface area contributed by atoms with Gasteiger partial charge in [0.15, 0.2) is 0 Å². The lowest BCUT2D eigenvalue weighted by Crippen LogP contribution is -2.45. The van der Waals surface area contributed by atoms with Crippen LogP contribution in [0.5, 0.6) is 0 Å². The third-order valence-electron chi connectivity index (χ3n) is 4.61. The Morgan fingerprint density at radius 2 is 2.10 bits per heavy atom. The highest BCUT2D eigenvalue weighted by molar-refractivity contribution is 5.94. The van der Waals surface area contributed by atoms with Crippen molar-refractivity contribution >= 4 is 5.91 Å². The van der Waals surface area contributed by atoms with Crippen molar-refractivity contribution in [2.24, 2.45) is 5.92 Å². The van der Waals surface area contributed by atoms with Crippen LogP contribution in [0, 0.1) is 18.7 Å². The Hall–Kier alpha value is -1.42. The molecule has 2 N–H and O–H groups in total. The number of aryl methyl sites for hydroxylation is 1. The molecule has 1 amide bonds. The topological polar surface area (TPSA) is 49.3 Å². The van der Waals surface area contributed by atoms with Crippen LogP contribution in [0.4, 0.5) is 4.39 Å². The van der Waals surface area contributed by atoms with Gasteiger partial charge in [-0.05, 0) is 62.3 Å². The fourth-order valence-electron chi connectivity index (χ4n) is 2.93. The number of halogens is 1. The molecule has 0 spiro atoms. The van der Waals surface area contributed by atoms with Crippen molar-refractivity contribution in [2.45, 2.75) is 51.6 Å². The zero-order valence-corrected chi connectivity index (χ0v) is 12.8. The van der Waals surface area contributed by atoms with Gasteiger partial charge < -0.3 is 10.4 Å². The second kappa shape index (κ2) is 6.56. The van der Waals surface area contributed by atoms with Gasteiger partial charge in [-0.3, -0.25) is 4.79 Å².